The zero-order valence-corrected chi connectivity index (χ0v) is 6.72. The smallest absolute Gasteiger partial charge is 0.0204 e. The van der Waals surface area contributed by atoms with Gasteiger partial charge >= 0.3 is 0 Å². The van der Waals surface area contributed by atoms with Crippen LogP contribution in [0.2, 0.25) is 0 Å². The summed E-state index contributed by atoms with van der Waals surface area (Å²) >= 11 is 0. The summed E-state index contributed by atoms with van der Waals surface area (Å²) in [5.41, 5.74) is 2.55. The minimum Gasteiger partial charge on any atom is -0.302 e. The van der Waals surface area contributed by atoms with E-state index in [1.165, 1.54) is 12.8 Å². The van der Waals surface area contributed by atoms with Crippen LogP contribution in [0.5, 0.6) is 0 Å². The molecule has 0 atom stereocenters. The maximum atomic E-state index is 8.60. The van der Waals surface area contributed by atoms with Gasteiger partial charge < -0.3 is 5.21 Å². The largest absolute Gasteiger partial charge is 0.302 e. The molecule has 3 nitrogen and oxygen atoms in total. The van der Waals surface area contributed by atoms with Crippen LogP contribution in [0.25, 0.3) is 0 Å². The topological polar surface area (TPSA) is 35.5 Å². The Bertz CT molecular complexity index is 114. The van der Waals surface area contributed by atoms with Crippen molar-refractivity contribution < 1.29 is 5.21 Å². The number of hydrazine groups is 1. The first-order valence-electron chi connectivity index (χ1n) is 3.79. The molecule has 1 fully saturated rings. The number of rotatable bonds is 1. The minimum atomic E-state index is 0.355. The fourth-order valence-electron chi connectivity index (χ4n) is 1.51. The predicted octanol–water partition coefficient (Wildman–Crippen LogP) is 1.00. The van der Waals surface area contributed by atoms with Gasteiger partial charge in [0, 0.05) is 13.1 Å². The average molecular weight is 144 g/mol. The molecule has 0 radical (unpaired) electrons. The first-order valence-corrected chi connectivity index (χ1v) is 3.79. The molecule has 0 aliphatic carbocycles. The van der Waals surface area contributed by atoms with Gasteiger partial charge in [-0.05, 0) is 18.3 Å². The van der Waals surface area contributed by atoms with E-state index in [0.717, 1.165) is 13.1 Å². The average Bonchev–Trinajstić information content (AvgIpc) is 1.86. The molecule has 0 amide bonds. The quantitative estimate of drug-likeness (QED) is 0.539. The Morgan fingerprint density at radius 3 is 2.60 bits per heavy atom. The van der Waals surface area contributed by atoms with E-state index in [2.05, 4.69) is 19.4 Å². The normalized spacial score (nSPS) is 26.7. The van der Waals surface area contributed by atoms with E-state index in [-0.39, 0.29) is 0 Å². The first kappa shape index (κ1) is 7.98. The molecule has 2 N–H and O–H groups in total. The number of piperidine rings is 1. The maximum Gasteiger partial charge on any atom is 0.0204 e. The lowest BCUT2D eigenvalue weighted by molar-refractivity contribution is -0.0592. The minimum absolute atomic E-state index is 0.355. The molecule has 1 saturated heterocycles. The highest BCUT2D eigenvalue weighted by atomic mass is 16.5. The van der Waals surface area contributed by atoms with Crippen molar-refractivity contribution in [3.05, 3.63) is 0 Å². The van der Waals surface area contributed by atoms with Crippen LogP contribution in [-0.2, 0) is 0 Å². The highest BCUT2D eigenvalue weighted by molar-refractivity contribution is 4.76. The van der Waals surface area contributed by atoms with Gasteiger partial charge in [-0.25, -0.2) is 5.01 Å². The van der Waals surface area contributed by atoms with Gasteiger partial charge in [-0.1, -0.05) is 13.8 Å². The van der Waals surface area contributed by atoms with Crippen molar-refractivity contribution in [2.24, 2.45) is 5.41 Å². The Labute approximate surface area is 62.0 Å². The van der Waals surface area contributed by atoms with Crippen molar-refractivity contribution >= 4 is 0 Å². The van der Waals surface area contributed by atoms with E-state index in [1.807, 2.05) is 5.01 Å². The third kappa shape index (κ3) is 1.94. The van der Waals surface area contributed by atoms with E-state index in [0.29, 0.717) is 5.41 Å². The van der Waals surface area contributed by atoms with Crippen LogP contribution in [0.4, 0.5) is 0 Å². The second-order valence-corrected chi connectivity index (χ2v) is 3.79. The molecule has 10 heavy (non-hydrogen) atoms. The lowest BCUT2D eigenvalue weighted by atomic mass is 9.85. The van der Waals surface area contributed by atoms with Crippen LogP contribution in [-0.4, -0.2) is 23.3 Å². The third-order valence-corrected chi connectivity index (χ3v) is 2.04. The van der Waals surface area contributed by atoms with Crippen molar-refractivity contribution in [2.45, 2.75) is 26.7 Å². The van der Waals surface area contributed by atoms with Crippen molar-refractivity contribution in [3.63, 3.8) is 0 Å². The summed E-state index contributed by atoms with van der Waals surface area (Å²) < 4.78 is 0. The van der Waals surface area contributed by atoms with Crippen molar-refractivity contribution in [2.75, 3.05) is 13.1 Å². The summed E-state index contributed by atoms with van der Waals surface area (Å²) in [7, 11) is 0. The van der Waals surface area contributed by atoms with Gasteiger partial charge in [0.05, 0.1) is 0 Å². The molecule has 3 heteroatoms. The second kappa shape index (κ2) is 2.86. The number of nitrogens with one attached hydrogen (secondary N) is 1. The summed E-state index contributed by atoms with van der Waals surface area (Å²) in [5.74, 6) is 0. The zero-order valence-electron chi connectivity index (χ0n) is 6.72. The molecule has 60 valence electrons. The molecular formula is C7H16N2O. The number of hydrogen-bond acceptors (Lipinski definition) is 3. The summed E-state index contributed by atoms with van der Waals surface area (Å²) in [6.07, 6.45) is 2.42. The van der Waals surface area contributed by atoms with Crippen LogP contribution >= 0.6 is 0 Å². The Hall–Kier alpha value is -0.120. The third-order valence-electron chi connectivity index (χ3n) is 2.04. The molecule has 0 aromatic rings. The van der Waals surface area contributed by atoms with Crippen molar-refractivity contribution in [1.29, 1.82) is 0 Å². The molecule has 1 aliphatic rings. The van der Waals surface area contributed by atoms with Gasteiger partial charge in [0.1, 0.15) is 0 Å². The number of hydrogen-bond donors (Lipinski definition) is 2. The van der Waals surface area contributed by atoms with Gasteiger partial charge in [0.2, 0.25) is 0 Å². The summed E-state index contributed by atoms with van der Waals surface area (Å²) in [6, 6.07) is 0. The molecule has 1 heterocycles. The van der Waals surface area contributed by atoms with Crippen LogP contribution < -0.4 is 5.59 Å². The van der Waals surface area contributed by atoms with Crippen molar-refractivity contribution in [1.82, 2.24) is 10.6 Å². The molecule has 0 spiro atoms. The van der Waals surface area contributed by atoms with Crippen molar-refractivity contribution in [3.8, 4) is 0 Å². The lowest BCUT2D eigenvalue weighted by Gasteiger charge is -2.36. The van der Waals surface area contributed by atoms with Gasteiger partial charge in [0.15, 0.2) is 0 Å². The molecule has 0 unspecified atom stereocenters. The van der Waals surface area contributed by atoms with Crippen LogP contribution in [0.1, 0.15) is 26.7 Å². The zero-order chi connectivity index (χ0) is 7.61. The highest BCUT2D eigenvalue weighted by Crippen LogP contribution is 2.26. The Morgan fingerprint density at radius 2 is 2.20 bits per heavy atom. The van der Waals surface area contributed by atoms with Crippen LogP contribution in [0.15, 0.2) is 0 Å². The van der Waals surface area contributed by atoms with Gasteiger partial charge in [-0.2, -0.15) is 0 Å². The molecule has 1 rings (SSSR count). The molecule has 0 aromatic heterocycles. The monoisotopic (exact) mass is 144 g/mol. The Morgan fingerprint density at radius 1 is 1.50 bits per heavy atom. The lowest BCUT2D eigenvalue weighted by Crippen LogP contribution is -2.46. The standard InChI is InChI=1S/C7H16N2O/c1-7(2)4-3-5-9(6-7)8-10/h8,10H,3-6H2,1-2H3. The van der Waals surface area contributed by atoms with Crippen LogP contribution in [0.3, 0.4) is 0 Å². The Kier molecular flexibility index (Phi) is 2.28. The molecular weight excluding hydrogens is 128 g/mol. The summed E-state index contributed by atoms with van der Waals surface area (Å²) in [6.45, 7) is 6.33. The SMILES string of the molecule is CC1(C)CCCN(NO)C1. The van der Waals surface area contributed by atoms with E-state index in [9.17, 15) is 0 Å². The fourth-order valence-corrected chi connectivity index (χ4v) is 1.51. The van der Waals surface area contributed by atoms with E-state index in [4.69, 9.17) is 5.21 Å². The fraction of sp³-hybridized carbons (Fsp3) is 1.00. The summed E-state index contributed by atoms with van der Waals surface area (Å²) in [4.78, 5) is 0. The second-order valence-electron chi connectivity index (χ2n) is 3.79. The summed E-state index contributed by atoms with van der Waals surface area (Å²) in [5, 5.41) is 10.4. The molecule has 0 aromatic carbocycles. The van der Waals surface area contributed by atoms with Crippen LogP contribution in [0, 0.1) is 5.41 Å². The van der Waals surface area contributed by atoms with Gasteiger partial charge in [0.25, 0.3) is 0 Å². The Balaban J connectivity index is 2.40. The van der Waals surface area contributed by atoms with Gasteiger partial charge in [-0.15, -0.1) is 5.59 Å². The van der Waals surface area contributed by atoms with E-state index >= 15 is 0 Å². The van der Waals surface area contributed by atoms with E-state index < -0.39 is 0 Å². The van der Waals surface area contributed by atoms with Gasteiger partial charge in [-0.3, -0.25) is 0 Å². The predicted molar refractivity (Wildman–Crippen MR) is 39.5 cm³/mol. The molecule has 1 aliphatic heterocycles. The number of nitrogens with zero attached hydrogens (tertiary/aromatic N) is 1. The molecule has 0 bridgehead atoms. The first-order chi connectivity index (χ1) is 4.64. The highest BCUT2D eigenvalue weighted by Gasteiger charge is 2.25. The van der Waals surface area contributed by atoms with E-state index in [1.54, 1.807) is 0 Å². The molecule has 0 saturated carbocycles. The maximum absolute atomic E-state index is 8.60.